The maximum absolute atomic E-state index is 12.4. The predicted octanol–water partition coefficient (Wildman–Crippen LogP) is 6.45. The number of aromatic hydroxyl groups is 2. The molecule has 6 aromatic rings. The lowest BCUT2D eigenvalue weighted by molar-refractivity contribution is -0.148. The quantitative estimate of drug-likeness (QED) is 0.103. The van der Waals surface area contributed by atoms with E-state index in [0.29, 0.717) is 22.8 Å². The predicted molar refractivity (Wildman–Crippen MR) is 187 cm³/mol. The molecule has 4 aromatic carbocycles. The Morgan fingerprint density at radius 2 is 1.00 bits per heavy atom. The number of carboxylic acid groups (broad SMARTS) is 1. The van der Waals surface area contributed by atoms with Crippen molar-refractivity contribution in [1.82, 2.24) is 0 Å². The van der Waals surface area contributed by atoms with Gasteiger partial charge in [-0.25, -0.2) is 9.59 Å². The number of benzene rings is 4. The number of hydrogen-bond acceptors (Lipinski definition) is 9. The number of carbonyl (C=O) groups is 2. The Kier molecular flexibility index (Phi) is 11.5. The van der Waals surface area contributed by atoms with Crippen LogP contribution in [0.15, 0.2) is 128 Å². The van der Waals surface area contributed by atoms with Gasteiger partial charge in [0.05, 0.1) is 40.3 Å². The van der Waals surface area contributed by atoms with Crippen LogP contribution in [-0.2, 0) is 40.0 Å². The van der Waals surface area contributed by atoms with Gasteiger partial charge in [-0.05, 0) is 68.0 Å². The average Bonchev–Trinajstić information content (AvgIpc) is 3.12. The van der Waals surface area contributed by atoms with Crippen molar-refractivity contribution < 1.29 is 38.5 Å². The Hall–Kier alpha value is -6.16. The first-order valence-corrected chi connectivity index (χ1v) is 16.1. The van der Waals surface area contributed by atoms with Crippen molar-refractivity contribution in [2.45, 2.75) is 32.6 Å². The van der Waals surface area contributed by atoms with Gasteiger partial charge < -0.3 is 28.9 Å². The van der Waals surface area contributed by atoms with Crippen LogP contribution in [0.2, 0.25) is 0 Å². The summed E-state index contributed by atoms with van der Waals surface area (Å²) >= 11 is 0. The first-order valence-electron chi connectivity index (χ1n) is 16.1. The fourth-order valence-corrected chi connectivity index (χ4v) is 5.74. The van der Waals surface area contributed by atoms with Gasteiger partial charge in [0.25, 0.3) is 0 Å². The molecule has 0 aliphatic rings. The highest BCUT2D eigenvalue weighted by molar-refractivity contribution is 5.85. The molecule has 2 unspecified atom stereocenters. The molecule has 0 saturated heterocycles. The second-order valence-corrected chi connectivity index (χ2v) is 11.7. The van der Waals surface area contributed by atoms with Crippen LogP contribution in [-0.4, -0.2) is 33.9 Å². The number of aliphatic carboxylic acids is 1. The van der Waals surface area contributed by atoms with Crippen LogP contribution in [0.3, 0.4) is 0 Å². The molecule has 2 heterocycles. The molecular formula is C40H36O10. The summed E-state index contributed by atoms with van der Waals surface area (Å²) in [7, 11) is 0. The van der Waals surface area contributed by atoms with Crippen molar-refractivity contribution in [3.63, 3.8) is 0 Å². The monoisotopic (exact) mass is 676 g/mol. The highest BCUT2D eigenvalue weighted by Crippen LogP contribution is 2.30. The normalized spacial score (nSPS) is 12.1. The van der Waals surface area contributed by atoms with Gasteiger partial charge in [0.2, 0.25) is 0 Å². The number of esters is 1. The minimum atomic E-state index is -1.02. The van der Waals surface area contributed by atoms with Gasteiger partial charge in [-0.15, -0.1) is 0 Å². The molecule has 256 valence electrons. The van der Waals surface area contributed by atoms with Crippen molar-refractivity contribution >= 4 is 33.9 Å². The van der Waals surface area contributed by atoms with Gasteiger partial charge in [0.1, 0.15) is 22.7 Å². The maximum Gasteiger partial charge on any atom is 0.343 e. The summed E-state index contributed by atoms with van der Waals surface area (Å²) in [5, 5.41) is 31.2. The zero-order valence-corrected chi connectivity index (χ0v) is 27.3. The van der Waals surface area contributed by atoms with Crippen molar-refractivity contribution in [1.29, 1.82) is 0 Å². The standard InChI is InChI=1S/C21H20O5.C19H16O5/c1-2-25-20(23)15(12-14-8-4-3-5-9-14)13-17-19(22)16-10-6-7-11-18(16)26-21(17)24;20-17-14-8-4-5-9-16(14)24-19(23)15(17)11-13(18(21)22)10-12-6-2-1-3-7-12/h3-11,15,22H,2,12-13H2,1H3;1-9,13,20H,10-11H2,(H,21,22). The van der Waals surface area contributed by atoms with Crippen LogP contribution in [0.4, 0.5) is 0 Å². The van der Waals surface area contributed by atoms with Gasteiger partial charge in [-0.1, -0.05) is 84.9 Å². The van der Waals surface area contributed by atoms with Crippen LogP contribution in [0.1, 0.15) is 29.2 Å². The molecule has 6 rings (SSSR count). The fraction of sp³-hybridized carbons (Fsp3) is 0.200. The minimum absolute atomic E-state index is 0.00275. The van der Waals surface area contributed by atoms with Crippen molar-refractivity contribution in [2.75, 3.05) is 6.61 Å². The number of fused-ring (bicyclic) bond motifs is 2. The Balaban J connectivity index is 0.000000195. The molecular weight excluding hydrogens is 640 g/mol. The van der Waals surface area contributed by atoms with Gasteiger partial charge in [-0.3, -0.25) is 9.59 Å². The average molecular weight is 677 g/mol. The summed E-state index contributed by atoms with van der Waals surface area (Å²) in [5.41, 5.74) is 1.15. The van der Waals surface area contributed by atoms with E-state index in [2.05, 4.69) is 0 Å². The Morgan fingerprint density at radius 3 is 1.44 bits per heavy atom. The Morgan fingerprint density at radius 1 is 0.600 bits per heavy atom. The van der Waals surface area contributed by atoms with Gasteiger partial charge in [-0.2, -0.15) is 0 Å². The molecule has 0 bridgehead atoms. The van der Waals surface area contributed by atoms with Crippen molar-refractivity contribution in [3.05, 3.63) is 152 Å². The topological polar surface area (TPSA) is 164 Å². The SMILES string of the molecule is CCOC(=O)C(Cc1ccccc1)Cc1c(O)c2ccccc2oc1=O.O=C(O)C(Cc1ccccc1)Cc1c(O)c2ccccc2oc1=O. The Labute approximate surface area is 286 Å². The van der Waals surface area contributed by atoms with E-state index >= 15 is 0 Å². The summed E-state index contributed by atoms with van der Waals surface area (Å²) in [6.45, 7) is 1.99. The lowest BCUT2D eigenvalue weighted by Crippen LogP contribution is -2.25. The largest absolute Gasteiger partial charge is 0.507 e. The molecule has 0 saturated carbocycles. The highest BCUT2D eigenvalue weighted by Gasteiger charge is 2.26. The molecule has 0 aliphatic carbocycles. The van der Waals surface area contributed by atoms with E-state index in [4.69, 9.17) is 13.6 Å². The van der Waals surface area contributed by atoms with Crippen LogP contribution < -0.4 is 11.3 Å². The number of rotatable bonds is 11. The first kappa shape index (κ1) is 35.2. The number of ether oxygens (including phenoxy) is 1. The lowest BCUT2D eigenvalue weighted by atomic mass is 9.92. The van der Waals surface area contributed by atoms with E-state index in [0.717, 1.165) is 11.1 Å². The molecule has 2 aromatic heterocycles. The number of carboxylic acids is 1. The summed E-state index contributed by atoms with van der Waals surface area (Å²) in [5.74, 6) is -3.19. The van der Waals surface area contributed by atoms with E-state index in [-0.39, 0.29) is 54.1 Å². The first-order chi connectivity index (χ1) is 24.2. The van der Waals surface area contributed by atoms with Gasteiger partial charge in [0.15, 0.2) is 0 Å². The maximum atomic E-state index is 12.4. The van der Waals surface area contributed by atoms with Gasteiger partial charge in [0, 0.05) is 0 Å². The molecule has 0 radical (unpaired) electrons. The summed E-state index contributed by atoms with van der Waals surface area (Å²) in [6, 6.07) is 32.1. The number of para-hydroxylation sites is 2. The van der Waals surface area contributed by atoms with E-state index in [1.165, 1.54) is 0 Å². The molecule has 2 atom stereocenters. The summed E-state index contributed by atoms with van der Waals surface area (Å²) < 4.78 is 15.7. The molecule has 0 amide bonds. The third kappa shape index (κ3) is 8.46. The van der Waals surface area contributed by atoms with Crippen LogP contribution in [0.25, 0.3) is 21.9 Å². The fourth-order valence-electron chi connectivity index (χ4n) is 5.74. The minimum Gasteiger partial charge on any atom is -0.507 e. The number of carbonyl (C=O) groups excluding carboxylic acids is 1. The molecule has 10 heteroatoms. The van der Waals surface area contributed by atoms with Crippen molar-refractivity contribution in [3.8, 4) is 11.5 Å². The smallest absolute Gasteiger partial charge is 0.343 e. The molecule has 0 aliphatic heterocycles. The summed E-state index contributed by atoms with van der Waals surface area (Å²) in [4.78, 5) is 48.5. The molecule has 10 nitrogen and oxygen atoms in total. The Bertz CT molecular complexity index is 2200. The molecule has 0 fully saturated rings. The molecule has 0 spiro atoms. The molecule has 50 heavy (non-hydrogen) atoms. The summed E-state index contributed by atoms with van der Waals surface area (Å²) in [6.07, 6.45) is 0.628. The zero-order valence-electron chi connectivity index (χ0n) is 27.3. The number of hydrogen-bond donors (Lipinski definition) is 3. The van der Waals surface area contributed by atoms with E-state index in [1.54, 1.807) is 55.5 Å². The second-order valence-electron chi connectivity index (χ2n) is 11.7. The highest BCUT2D eigenvalue weighted by atomic mass is 16.5. The van der Waals surface area contributed by atoms with Crippen molar-refractivity contribution in [2.24, 2.45) is 11.8 Å². The third-order valence-electron chi connectivity index (χ3n) is 8.27. The lowest BCUT2D eigenvalue weighted by Gasteiger charge is -2.16. The van der Waals surface area contributed by atoms with E-state index < -0.39 is 35.0 Å². The third-order valence-corrected chi connectivity index (χ3v) is 8.27. The second kappa shape index (κ2) is 16.3. The van der Waals surface area contributed by atoms with Crippen LogP contribution >= 0.6 is 0 Å². The van der Waals surface area contributed by atoms with E-state index in [1.807, 2.05) is 60.7 Å². The molecule has 3 N–H and O–H groups in total. The van der Waals surface area contributed by atoms with Crippen LogP contribution in [0, 0.1) is 11.8 Å². The van der Waals surface area contributed by atoms with E-state index in [9.17, 15) is 34.5 Å². The van der Waals surface area contributed by atoms with Gasteiger partial charge >= 0.3 is 23.2 Å². The zero-order chi connectivity index (χ0) is 35.6. The van der Waals surface area contributed by atoms with Crippen LogP contribution in [0.5, 0.6) is 11.5 Å².